The van der Waals surface area contributed by atoms with Crippen LogP contribution in [0, 0.1) is 0 Å². The van der Waals surface area contributed by atoms with Crippen molar-refractivity contribution in [2.45, 2.75) is 38.1 Å². The van der Waals surface area contributed by atoms with Crippen LogP contribution in [0.4, 0.5) is 0 Å². The molecular weight excluding hydrogens is 248 g/mol. The quantitative estimate of drug-likeness (QED) is 0.667. The minimum atomic E-state index is 0.552. The van der Waals surface area contributed by atoms with Gasteiger partial charge < -0.3 is 8.98 Å². The maximum atomic E-state index is 5.60. The van der Waals surface area contributed by atoms with Crippen LogP contribution in [0.1, 0.15) is 38.1 Å². The predicted molar refractivity (Wildman–Crippen MR) is 79.6 cm³/mol. The maximum absolute atomic E-state index is 5.60. The van der Waals surface area contributed by atoms with Crippen LogP contribution in [-0.4, -0.2) is 9.55 Å². The molecule has 0 N–H and O–H groups in total. The molecule has 0 unspecified atom stereocenters. The SMILES string of the molecule is c1coc(-c2nc3ccccc3n2C2CCCCC2)c1. The number of para-hydroxylation sites is 2. The molecule has 3 aromatic rings. The fraction of sp³-hybridized carbons (Fsp3) is 0.353. The lowest BCUT2D eigenvalue weighted by Gasteiger charge is -2.25. The number of hydrogen-bond donors (Lipinski definition) is 0. The lowest BCUT2D eigenvalue weighted by molar-refractivity contribution is 0.360. The van der Waals surface area contributed by atoms with Crippen LogP contribution in [0.2, 0.25) is 0 Å². The minimum Gasteiger partial charge on any atom is -0.461 e. The van der Waals surface area contributed by atoms with E-state index in [1.807, 2.05) is 18.2 Å². The van der Waals surface area contributed by atoms with Crippen molar-refractivity contribution in [2.24, 2.45) is 0 Å². The van der Waals surface area contributed by atoms with Crippen molar-refractivity contribution in [3.63, 3.8) is 0 Å². The first kappa shape index (κ1) is 11.8. The number of rotatable bonds is 2. The van der Waals surface area contributed by atoms with E-state index >= 15 is 0 Å². The average Bonchev–Trinajstić information content (AvgIpc) is 3.15. The third-order valence-corrected chi connectivity index (χ3v) is 4.28. The molecule has 0 aliphatic heterocycles. The molecule has 0 spiro atoms. The maximum Gasteiger partial charge on any atom is 0.177 e. The summed E-state index contributed by atoms with van der Waals surface area (Å²) in [5.41, 5.74) is 2.29. The van der Waals surface area contributed by atoms with Crippen molar-refractivity contribution in [2.75, 3.05) is 0 Å². The largest absolute Gasteiger partial charge is 0.461 e. The number of furan rings is 1. The van der Waals surface area contributed by atoms with Crippen LogP contribution < -0.4 is 0 Å². The van der Waals surface area contributed by atoms with E-state index in [1.165, 1.54) is 37.6 Å². The van der Waals surface area contributed by atoms with Crippen molar-refractivity contribution < 1.29 is 4.42 Å². The van der Waals surface area contributed by atoms with Crippen molar-refractivity contribution in [1.82, 2.24) is 9.55 Å². The molecule has 2 aromatic heterocycles. The Kier molecular flexibility index (Phi) is 2.84. The molecule has 4 rings (SSSR count). The molecule has 0 radical (unpaired) electrons. The van der Waals surface area contributed by atoms with Crippen molar-refractivity contribution >= 4 is 11.0 Å². The summed E-state index contributed by atoms with van der Waals surface area (Å²) < 4.78 is 7.99. The zero-order valence-electron chi connectivity index (χ0n) is 11.5. The van der Waals surface area contributed by atoms with Gasteiger partial charge in [0.2, 0.25) is 0 Å². The lowest BCUT2D eigenvalue weighted by atomic mass is 9.95. The summed E-state index contributed by atoms with van der Waals surface area (Å²) in [4.78, 5) is 4.80. The van der Waals surface area contributed by atoms with Crippen molar-refractivity contribution in [1.29, 1.82) is 0 Å². The molecule has 0 amide bonds. The first-order chi connectivity index (χ1) is 9.93. The highest BCUT2D eigenvalue weighted by molar-refractivity contribution is 5.80. The molecule has 0 saturated heterocycles. The van der Waals surface area contributed by atoms with Crippen LogP contribution in [0.3, 0.4) is 0 Å². The van der Waals surface area contributed by atoms with Gasteiger partial charge in [-0.25, -0.2) is 4.98 Å². The number of aromatic nitrogens is 2. The van der Waals surface area contributed by atoms with Crippen LogP contribution in [0.5, 0.6) is 0 Å². The van der Waals surface area contributed by atoms with Crippen LogP contribution >= 0.6 is 0 Å². The van der Waals surface area contributed by atoms with E-state index in [4.69, 9.17) is 9.40 Å². The summed E-state index contributed by atoms with van der Waals surface area (Å²) in [5, 5.41) is 0. The van der Waals surface area contributed by atoms with Gasteiger partial charge in [0.05, 0.1) is 17.3 Å². The van der Waals surface area contributed by atoms with Gasteiger partial charge in [-0.15, -0.1) is 0 Å². The van der Waals surface area contributed by atoms with E-state index in [1.54, 1.807) is 6.26 Å². The molecule has 1 saturated carbocycles. The van der Waals surface area contributed by atoms with Gasteiger partial charge in [-0.2, -0.15) is 0 Å². The summed E-state index contributed by atoms with van der Waals surface area (Å²) in [6.45, 7) is 0. The first-order valence-electron chi connectivity index (χ1n) is 7.44. The average molecular weight is 266 g/mol. The Bertz CT molecular complexity index is 706. The monoisotopic (exact) mass is 266 g/mol. The summed E-state index contributed by atoms with van der Waals surface area (Å²) in [6.07, 6.45) is 8.20. The van der Waals surface area contributed by atoms with Gasteiger partial charge in [-0.05, 0) is 37.1 Å². The molecule has 0 bridgehead atoms. The fourth-order valence-electron chi connectivity index (χ4n) is 3.33. The normalized spacial score (nSPS) is 16.8. The van der Waals surface area contributed by atoms with E-state index in [2.05, 4.69) is 22.8 Å². The summed E-state index contributed by atoms with van der Waals surface area (Å²) >= 11 is 0. The molecule has 20 heavy (non-hydrogen) atoms. The molecular formula is C17H18N2O. The highest BCUT2D eigenvalue weighted by Gasteiger charge is 2.22. The molecule has 0 atom stereocenters. The van der Waals surface area contributed by atoms with Gasteiger partial charge in [-0.1, -0.05) is 31.4 Å². The number of imidazole rings is 1. The van der Waals surface area contributed by atoms with Crippen LogP contribution in [0.25, 0.3) is 22.6 Å². The fourth-order valence-corrected chi connectivity index (χ4v) is 3.33. The Hall–Kier alpha value is -2.03. The molecule has 3 heteroatoms. The molecule has 1 aliphatic carbocycles. The smallest absolute Gasteiger partial charge is 0.177 e. The van der Waals surface area contributed by atoms with Crippen molar-refractivity contribution in [3.8, 4) is 11.6 Å². The van der Waals surface area contributed by atoms with Crippen LogP contribution in [-0.2, 0) is 0 Å². The first-order valence-corrected chi connectivity index (χ1v) is 7.44. The van der Waals surface area contributed by atoms with Gasteiger partial charge in [-0.3, -0.25) is 0 Å². The highest BCUT2D eigenvalue weighted by atomic mass is 16.3. The Morgan fingerprint density at radius 2 is 1.85 bits per heavy atom. The Balaban J connectivity index is 1.93. The third-order valence-electron chi connectivity index (χ3n) is 4.28. The molecule has 1 aliphatic rings. The molecule has 102 valence electrons. The van der Waals surface area contributed by atoms with E-state index in [9.17, 15) is 0 Å². The van der Waals surface area contributed by atoms with Gasteiger partial charge in [0, 0.05) is 6.04 Å². The second-order valence-electron chi connectivity index (χ2n) is 5.56. The van der Waals surface area contributed by atoms with Gasteiger partial charge >= 0.3 is 0 Å². The topological polar surface area (TPSA) is 31.0 Å². The number of fused-ring (bicyclic) bond motifs is 1. The molecule has 1 aromatic carbocycles. The summed E-state index contributed by atoms with van der Waals surface area (Å²) in [5.74, 6) is 1.84. The van der Waals surface area contributed by atoms with Crippen LogP contribution in [0.15, 0.2) is 47.1 Å². The second-order valence-corrected chi connectivity index (χ2v) is 5.56. The Labute approximate surface area is 118 Å². The van der Waals surface area contributed by atoms with E-state index in [0.29, 0.717) is 6.04 Å². The van der Waals surface area contributed by atoms with E-state index in [0.717, 1.165) is 17.1 Å². The number of nitrogens with zero attached hydrogens (tertiary/aromatic N) is 2. The molecule has 3 nitrogen and oxygen atoms in total. The van der Waals surface area contributed by atoms with E-state index < -0.39 is 0 Å². The lowest BCUT2D eigenvalue weighted by Crippen LogP contribution is -2.13. The number of benzene rings is 1. The minimum absolute atomic E-state index is 0.552. The summed E-state index contributed by atoms with van der Waals surface area (Å²) in [6, 6.07) is 12.9. The third kappa shape index (κ3) is 1.85. The number of hydrogen-bond acceptors (Lipinski definition) is 2. The zero-order chi connectivity index (χ0) is 13.4. The Morgan fingerprint density at radius 1 is 1.00 bits per heavy atom. The highest BCUT2D eigenvalue weighted by Crippen LogP contribution is 2.35. The van der Waals surface area contributed by atoms with Gasteiger partial charge in [0.1, 0.15) is 0 Å². The van der Waals surface area contributed by atoms with E-state index in [-0.39, 0.29) is 0 Å². The summed E-state index contributed by atoms with van der Waals surface area (Å²) in [7, 11) is 0. The van der Waals surface area contributed by atoms with Gasteiger partial charge in [0.25, 0.3) is 0 Å². The van der Waals surface area contributed by atoms with Gasteiger partial charge in [0.15, 0.2) is 11.6 Å². The predicted octanol–water partition coefficient (Wildman–Crippen LogP) is 4.80. The molecule has 1 fully saturated rings. The molecule has 2 heterocycles. The Morgan fingerprint density at radius 3 is 2.65 bits per heavy atom. The second kappa shape index (κ2) is 4.82. The van der Waals surface area contributed by atoms with Crippen molar-refractivity contribution in [3.05, 3.63) is 42.7 Å². The standard InChI is InChI=1S/C17H18N2O/c1-2-7-13(8-3-1)19-15-10-5-4-9-14(15)18-17(19)16-11-6-12-20-16/h4-6,9-13H,1-3,7-8H2. The zero-order valence-corrected chi connectivity index (χ0v) is 11.5.